The van der Waals surface area contributed by atoms with Crippen LogP contribution in [0.5, 0.6) is 23.3 Å². The van der Waals surface area contributed by atoms with Gasteiger partial charge in [0.2, 0.25) is 6.79 Å². The third kappa shape index (κ3) is 3.07. The summed E-state index contributed by atoms with van der Waals surface area (Å²) >= 11 is 0. The van der Waals surface area contributed by atoms with E-state index < -0.39 is 0 Å². The molecule has 11 nitrogen and oxygen atoms in total. The highest BCUT2D eigenvalue weighted by Crippen LogP contribution is 2.38. The maximum absolute atomic E-state index is 6.07. The van der Waals surface area contributed by atoms with Gasteiger partial charge in [-0.1, -0.05) is 5.10 Å². The Balaban J connectivity index is 1.15. The Hall–Kier alpha value is -3.15. The number of ether oxygens (including phenoxy) is 5. The summed E-state index contributed by atoms with van der Waals surface area (Å²) in [5.41, 5.74) is 0. The summed E-state index contributed by atoms with van der Waals surface area (Å²) in [5.74, 6) is 2.80. The van der Waals surface area contributed by atoms with E-state index in [1.165, 1.54) is 0 Å². The highest BCUT2D eigenvalue weighted by atomic mass is 16.7. The van der Waals surface area contributed by atoms with Gasteiger partial charge >= 0.3 is 6.01 Å². The molecule has 0 spiro atoms. The minimum absolute atomic E-state index is 0.0486. The minimum atomic E-state index is -0.170. The molecule has 0 bridgehead atoms. The van der Waals surface area contributed by atoms with Crippen LogP contribution in [0, 0.1) is 0 Å². The number of benzene rings is 1. The fourth-order valence-corrected chi connectivity index (χ4v) is 4.12. The molecule has 0 saturated carbocycles. The molecular weight excluding hydrogens is 394 g/mol. The van der Waals surface area contributed by atoms with Crippen LogP contribution in [0.2, 0.25) is 0 Å². The van der Waals surface area contributed by atoms with Gasteiger partial charge in [-0.05, 0) is 34.7 Å². The second-order valence-corrected chi connectivity index (χ2v) is 7.37. The first kappa shape index (κ1) is 17.7. The fourth-order valence-electron chi connectivity index (χ4n) is 4.12. The molecule has 3 aromatic rings. The van der Waals surface area contributed by atoms with Crippen molar-refractivity contribution >= 4 is 0 Å². The first-order valence-corrected chi connectivity index (χ1v) is 9.79. The molecule has 0 radical (unpaired) electrons. The lowest BCUT2D eigenvalue weighted by Gasteiger charge is -2.16. The molecule has 6 rings (SSSR count). The van der Waals surface area contributed by atoms with Crippen molar-refractivity contribution in [3.63, 3.8) is 0 Å². The van der Waals surface area contributed by atoms with Crippen LogP contribution in [-0.2, 0) is 16.0 Å². The number of nitrogens with zero attached hydrogens (tertiary/aromatic N) is 4. The Kier molecular flexibility index (Phi) is 4.29. The second-order valence-electron chi connectivity index (χ2n) is 7.37. The summed E-state index contributed by atoms with van der Waals surface area (Å²) in [6.45, 7) is 1.98. The van der Waals surface area contributed by atoms with E-state index in [2.05, 4.69) is 20.8 Å². The highest BCUT2D eigenvalue weighted by molar-refractivity contribution is 5.47. The van der Waals surface area contributed by atoms with Crippen molar-refractivity contribution < 1.29 is 33.4 Å². The van der Waals surface area contributed by atoms with Gasteiger partial charge in [0, 0.05) is 6.07 Å². The van der Waals surface area contributed by atoms with Gasteiger partial charge in [0.25, 0.3) is 0 Å². The number of fused-ring (bicyclic) bond motifs is 2. The van der Waals surface area contributed by atoms with Crippen molar-refractivity contribution in [1.82, 2.24) is 20.2 Å². The van der Waals surface area contributed by atoms with Gasteiger partial charge < -0.3 is 33.4 Å². The van der Waals surface area contributed by atoms with Crippen molar-refractivity contribution in [2.24, 2.45) is 0 Å². The Morgan fingerprint density at radius 3 is 2.97 bits per heavy atom. The lowest BCUT2D eigenvalue weighted by molar-refractivity contribution is -0.709. The lowest BCUT2D eigenvalue weighted by Crippen LogP contribution is -2.91. The second kappa shape index (κ2) is 7.27. The van der Waals surface area contributed by atoms with Gasteiger partial charge in [0.05, 0.1) is 12.9 Å². The molecule has 0 unspecified atom stereocenters. The number of hydrogen-bond acceptors (Lipinski definition) is 9. The quantitative estimate of drug-likeness (QED) is 0.605. The van der Waals surface area contributed by atoms with Crippen molar-refractivity contribution in [2.45, 2.75) is 30.8 Å². The first-order valence-electron chi connectivity index (χ1n) is 9.79. The van der Waals surface area contributed by atoms with Crippen LogP contribution >= 0.6 is 0 Å². The fraction of sp³-hybridized carbons (Fsp3) is 0.421. The smallest absolute Gasteiger partial charge is 0.341 e. The van der Waals surface area contributed by atoms with Crippen LogP contribution in [0.15, 0.2) is 41.0 Å². The number of furan rings is 1. The van der Waals surface area contributed by atoms with Gasteiger partial charge in [0.1, 0.15) is 43.2 Å². The zero-order chi connectivity index (χ0) is 19.9. The van der Waals surface area contributed by atoms with Gasteiger partial charge in [0.15, 0.2) is 17.3 Å². The maximum Gasteiger partial charge on any atom is 0.341 e. The predicted octanol–water partition coefficient (Wildman–Crippen LogP) is 0.258. The van der Waals surface area contributed by atoms with Gasteiger partial charge in [-0.2, -0.15) is 4.68 Å². The third-order valence-corrected chi connectivity index (χ3v) is 5.60. The van der Waals surface area contributed by atoms with Crippen molar-refractivity contribution in [1.29, 1.82) is 0 Å². The van der Waals surface area contributed by atoms with Crippen molar-refractivity contribution in [3.05, 3.63) is 42.4 Å². The maximum atomic E-state index is 6.07. The number of hydrogen-bond donors (Lipinski definition) is 1. The van der Waals surface area contributed by atoms with Gasteiger partial charge in [-0.25, -0.2) is 0 Å². The molecule has 156 valence electrons. The van der Waals surface area contributed by atoms with Crippen LogP contribution in [-0.4, -0.2) is 58.5 Å². The molecule has 2 N–H and O–H groups in total. The van der Waals surface area contributed by atoms with Crippen molar-refractivity contribution in [3.8, 4) is 23.3 Å². The molecule has 5 heterocycles. The van der Waals surface area contributed by atoms with Crippen LogP contribution in [0.4, 0.5) is 0 Å². The lowest BCUT2D eigenvalue weighted by atomic mass is 10.1. The molecule has 1 aromatic carbocycles. The number of rotatable bonds is 6. The largest absolute Gasteiger partial charge is 0.463 e. The van der Waals surface area contributed by atoms with Crippen LogP contribution in [0.25, 0.3) is 0 Å². The average Bonchev–Trinajstić information content (AvgIpc) is 3.55. The monoisotopic (exact) mass is 414 g/mol. The number of tetrazole rings is 1. The van der Waals surface area contributed by atoms with E-state index in [0.29, 0.717) is 30.5 Å². The van der Waals surface area contributed by atoms with Gasteiger partial charge in [-0.15, -0.1) is 0 Å². The Morgan fingerprint density at radius 2 is 2.03 bits per heavy atom. The Morgan fingerprint density at radius 1 is 1.10 bits per heavy atom. The topological polar surface area (TPSA) is 120 Å². The van der Waals surface area contributed by atoms with E-state index in [9.17, 15) is 0 Å². The molecule has 2 aromatic heterocycles. The third-order valence-electron chi connectivity index (χ3n) is 5.60. The van der Waals surface area contributed by atoms with Gasteiger partial charge in [-0.3, -0.25) is 0 Å². The summed E-state index contributed by atoms with van der Waals surface area (Å²) in [7, 11) is 0. The Labute approximate surface area is 170 Å². The molecule has 4 atom stereocenters. The summed E-state index contributed by atoms with van der Waals surface area (Å²) < 4.78 is 35.8. The van der Waals surface area contributed by atoms with Crippen LogP contribution in [0.3, 0.4) is 0 Å². The first-order chi connectivity index (χ1) is 14.8. The molecule has 0 aliphatic carbocycles. The Bertz CT molecular complexity index is 1020. The van der Waals surface area contributed by atoms with Crippen molar-refractivity contribution in [2.75, 3.05) is 20.0 Å². The molecule has 3 aliphatic heterocycles. The van der Waals surface area contributed by atoms with Crippen LogP contribution in [0.1, 0.15) is 11.8 Å². The zero-order valence-electron chi connectivity index (χ0n) is 15.9. The summed E-state index contributed by atoms with van der Waals surface area (Å²) in [5, 5.41) is 14.1. The molecule has 2 saturated heterocycles. The predicted molar refractivity (Wildman–Crippen MR) is 97.1 cm³/mol. The summed E-state index contributed by atoms with van der Waals surface area (Å²) in [4.78, 5) is 0. The standard InChI is InChI=1S/C19H19N5O6/c1-2-12(25-5-1)7-20-13-8-26-18-14(9-27-17(13)18)24-19(21-22-23-24)30-11-3-4-15-16(6-11)29-10-28-15/h1-6,13-14,17-18,20H,7-10H2/p+1/t13-,14-,17+,18+/m0/s1. The zero-order valence-corrected chi connectivity index (χ0v) is 15.9. The molecule has 0 amide bonds. The number of aromatic nitrogens is 4. The summed E-state index contributed by atoms with van der Waals surface area (Å²) in [6.07, 6.45) is 1.48. The average molecular weight is 414 g/mol. The van der Waals surface area contributed by atoms with E-state index in [1.807, 2.05) is 12.1 Å². The molecule has 30 heavy (non-hydrogen) atoms. The highest BCUT2D eigenvalue weighted by Gasteiger charge is 2.51. The molecule has 3 aliphatic rings. The normalized spacial score (nSPS) is 26.8. The van der Waals surface area contributed by atoms with E-state index in [-0.39, 0.29) is 37.1 Å². The molecule has 2 fully saturated rings. The number of nitrogens with two attached hydrogens (primary N) is 1. The number of quaternary nitrogens is 1. The van der Waals surface area contributed by atoms with E-state index in [4.69, 9.17) is 28.1 Å². The minimum Gasteiger partial charge on any atom is -0.463 e. The van der Waals surface area contributed by atoms with E-state index >= 15 is 0 Å². The SMILES string of the molecule is c1coc(C[NH2+][C@H]2CO[C@H]3[C@@H]2OC[C@@H]3n2nnnc2Oc2ccc3c(c2)OCO3)c1. The van der Waals surface area contributed by atoms with Crippen LogP contribution < -0.4 is 19.5 Å². The molecule has 11 heteroatoms. The summed E-state index contributed by atoms with van der Waals surface area (Å²) in [6, 6.07) is 9.46. The molecular formula is C19H20N5O6+. The van der Waals surface area contributed by atoms with E-state index in [1.54, 1.807) is 29.1 Å². The van der Waals surface area contributed by atoms with E-state index in [0.717, 1.165) is 12.3 Å².